The van der Waals surface area contributed by atoms with E-state index in [-0.39, 0.29) is 11.8 Å². The number of rotatable bonds is 2. The molecule has 1 unspecified atom stereocenters. The van der Waals surface area contributed by atoms with Gasteiger partial charge in [-0.15, -0.1) is 10.2 Å². The van der Waals surface area contributed by atoms with E-state index >= 15 is 0 Å². The molecule has 1 aromatic heterocycles. The van der Waals surface area contributed by atoms with Crippen LogP contribution in [-0.4, -0.2) is 34.1 Å². The number of aryl methyl sites for hydroxylation is 1. The molecule has 0 aliphatic carbocycles. The van der Waals surface area contributed by atoms with Crippen molar-refractivity contribution in [1.29, 1.82) is 0 Å². The second-order valence-electron chi connectivity index (χ2n) is 5.78. The highest BCUT2D eigenvalue weighted by molar-refractivity contribution is 5.89. The molecule has 0 N–H and O–H groups in total. The lowest BCUT2D eigenvalue weighted by molar-refractivity contribution is 0.0643. The molecule has 0 radical (unpaired) electrons. The second kappa shape index (κ2) is 5.68. The lowest BCUT2D eigenvalue weighted by Gasteiger charge is -2.29. The maximum Gasteiger partial charge on any atom is 0.311 e. The van der Waals surface area contributed by atoms with Crippen LogP contribution in [-0.2, 0) is 0 Å². The standard InChI is InChI=1S/C16H19N3O2/c1-11-5-7-13(8-6-11)14-17-18-15(21-14)16(20)19-9-3-4-12(2)10-19/h5-8,12H,3-4,9-10H2,1-2H3. The SMILES string of the molecule is Cc1ccc(-c2nnc(C(=O)N3CCCC(C)C3)o2)cc1. The molecular formula is C16H19N3O2. The Morgan fingerprint density at radius 2 is 2.05 bits per heavy atom. The maximum atomic E-state index is 12.4. The van der Waals surface area contributed by atoms with E-state index < -0.39 is 0 Å². The van der Waals surface area contributed by atoms with Crippen molar-refractivity contribution in [1.82, 2.24) is 15.1 Å². The topological polar surface area (TPSA) is 59.2 Å². The summed E-state index contributed by atoms with van der Waals surface area (Å²) in [6.07, 6.45) is 2.20. The largest absolute Gasteiger partial charge is 0.412 e. The van der Waals surface area contributed by atoms with Crippen LogP contribution in [0.4, 0.5) is 0 Å². The van der Waals surface area contributed by atoms with E-state index in [4.69, 9.17) is 4.42 Å². The number of aromatic nitrogens is 2. The Hall–Kier alpha value is -2.17. The third-order valence-electron chi connectivity index (χ3n) is 3.85. The van der Waals surface area contributed by atoms with Gasteiger partial charge in [-0.1, -0.05) is 24.6 Å². The van der Waals surface area contributed by atoms with Crippen LogP contribution in [0.3, 0.4) is 0 Å². The molecule has 2 aromatic rings. The molecule has 2 heterocycles. The lowest BCUT2D eigenvalue weighted by atomic mass is 10.0. The van der Waals surface area contributed by atoms with Crippen molar-refractivity contribution in [2.45, 2.75) is 26.7 Å². The third kappa shape index (κ3) is 2.96. The van der Waals surface area contributed by atoms with Crippen LogP contribution in [0.15, 0.2) is 28.7 Å². The average Bonchev–Trinajstić information content (AvgIpc) is 2.97. The Labute approximate surface area is 124 Å². The van der Waals surface area contributed by atoms with Gasteiger partial charge in [-0.25, -0.2) is 0 Å². The fourth-order valence-electron chi connectivity index (χ4n) is 2.63. The number of likely N-dealkylation sites (tertiary alicyclic amines) is 1. The molecule has 0 saturated carbocycles. The molecule has 1 atom stereocenters. The number of nitrogens with zero attached hydrogens (tertiary/aromatic N) is 3. The van der Waals surface area contributed by atoms with E-state index in [9.17, 15) is 4.79 Å². The van der Waals surface area contributed by atoms with Crippen molar-refractivity contribution in [3.63, 3.8) is 0 Å². The average molecular weight is 285 g/mol. The zero-order valence-electron chi connectivity index (χ0n) is 12.4. The molecule has 1 aromatic carbocycles. The molecule has 1 amide bonds. The number of hydrogen-bond acceptors (Lipinski definition) is 4. The normalized spacial score (nSPS) is 18.8. The number of benzene rings is 1. The fourth-order valence-corrected chi connectivity index (χ4v) is 2.63. The van der Waals surface area contributed by atoms with Gasteiger partial charge in [-0.3, -0.25) is 4.79 Å². The summed E-state index contributed by atoms with van der Waals surface area (Å²) in [4.78, 5) is 14.2. The van der Waals surface area contributed by atoms with Crippen molar-refractivity contribution >= 4 is 5.91 Å². The zero-order chi connectivity index (χ0) is 14.8. The van der Waals surface area contributed by atoms with Crippen LogP contribution in [0.5, 0.6) is 0 Å². The summed E-state index contributed by atoms with van der Waals surface area (Å²) in [6.45, 7) is 5.71. The summed E-state index contributed by atoms with van der Waals surface area (Å²) >= 11 is 0. The first-order valence-corrected chi connectivity index (χ1v) is 7.33. The Kier molecular flexibility index (Phi) is 3.73. The Morgan fingerprint density at radius 3 is 2.76 bits per heavy atom. The summed E-state index contributed by atoms with van der Waals surface area (Å²) in [5, 5.41) is 7.89. The van der Waals surface area contributed by atoms with Gasteiger partial charge in [0.1, 0.15) is 0 Å². The highest BCUT2D eigenvalue weighted by Gasteiger charge is 2.26. The molecule has 0 spiro atoms. The van der Waals surface area contributed by atoms with E-state index in [0.717, 1.165) is 30.6 Å². The molecule has 0 bridgehead atoms. The predicted octanol–water partition coefficient (Wildman–Crippen LogP) is 2.92. The molecule has 5 heteroatoms. The summed E-state index contributed by atoms with van der Waals surface area (Å²) in [5.41, 5.74) is 2.00. The van der Waals surface area contributed by atoms with Gasteiger partial charge in [0.2, 0.25) is 5.89 Å². The highest BCUT2D eigenvalue weighted by atomic mass is 16.4. The zero-order valence-corrected chi connectivity index (χ0v) is 12.4. The van der Waals surface area contributed by atoms with E-state index in [0.29, 0.717) is 11.8 Å². The molecule has 3 rings (SSSR count). The van der Waals surface area contributed by atoms with Gasteiger partial charge >= 0.3 is 11.8 Å². The van der Waals surface area contributed by atoms with Crippen LogP contribution in [0.2, 0.25) is 0 Å². The summed E-state index contributed by atoms with van der Waals surface area (Å²) in [7, 11) is 0. The van der Waals surface area contributed by atoms with Crippen LogP contribution >= 0.6 is 0 Å². The first-order valence-electron chi connectivity index (χ1n) is 7.33. The predicted molar refractivity (Wildman–Crippen MR) is 78.8 cm³/mol. The van der Waals surface area contributed by atoms with Crippen molar-refractivity contribution in [3.8, 4) is 11.5 Å². The Balaban J connectivity index is 1.78. The van der Waals surface area contributed by atoms with E-state index in [1.165, 1.54) is 6.42 Å². The number of piperidine rings is 1. The van der Waals surface area contributed by atoms with E-state index in [1.807, 2.05) is 31.2 Å². The van der Waals surface area contributed by atoms with Gasteiger partial charge in [-0.2, -0.15) is 0 Å². The van der Waals surface area contributed by atoms with Crippen LogP contribution in [0.1, 0.15) is 36.0 Å². The third-order valence-corrected chi connectivity index (χ3v) is 3.85. The molecular weight excluding hydrogens is 266 g/mol. The fraction of sp³-hybridized carbons (Fsp3) is 0.438. The molecule has 1 aliphatic heterocycles. The lowest BCUT2D eigenvalue weighted by Crippen LogP contribution is -2.39. The molecule has 110 valence electrons. The van der Waals surface area contributed by atoms with E-state index in [2.05, 4.69) is 17.1 Å². The monoisotopic (exact) mass is 285 g/mol. The molecule has 1 fully saturated rings. The van der Waals surface area contributed by atoms with Gasteiger partial charge in [-0.05, 0) is 37.8 Å². The molecule has 1 aliphatic rings. The first-order chi connectivity index (χ1) is 10.1. The second-order valence-corrected chi connectivity index (χ2v) is 5.78. The van der Waals surface area contributed by atoms with Crippen molar-refractivity contribution in [2.75, 3.05) is 13.1 Å². The van der Waals surface area contributed by atoms with Gasteiger partial charge < -0.3 is 9.32 Å². The van der Waals surface area contributed by atoms with Gasteiger partial charge in [0.25, 0.3) is 0 Å². The molecule has 1 saturated heterocycles. The maximum absolute atomic E-state index is 12.4. The minimum absolute atomic E-state index is 0.0830. The number of amides is 1. The molecule has 21 heavy (non-hydrogen) atoms. The summed E-state index contributed by atoms with van der Waals surface area (Å²) in [5.74, 6) is 0.845. The smallest absolute Gasteiger partial charge is 0.311 e. The van der Waals surface area contributed by atoms with Crippen molar-refractivity contribution < 1.29 is 9.21 Å². The quantitative estimate of drug-likeness (QED) is 0.851. The Bertz CT molecular complexity index is 633. The van der Waals surface area contributed by atoms with Crippen molar-refractivity contribution in [2.24, 2.45) is 5.92 Å². The number of carbonyl (C=O) groups excluding carboxylic acids is 1. The van der Waals surface area contributed by atoms with E-state index in [1.54, 1.807) is 4.90 Å². The Morgan fingerprint density at radius 1 is 1.29 bits per heavy atom. The minimum Gasteiger partial charge on any atom is -0.412 e. The minimum atomic E-state index is -0.160. The molecule has 5 nitrogen and oxygen atoms in total. The van der Waals surface area contributed by atoms with Crippen LogP contribution < -0.4 is 0 Å². The van der Waals surface area contributed by atoms with Crippen LogP contribution in [0, 0.1) is 12.8 Å². The summed E-state index contributed by atoms with van der Waals surface area (Å²) < 4.78 is 5.55. The number of hydrogen-bond donors (Lipinski definition) is 0. The van der Waals surface area contributed by atoms with Gasteiger partial charge in [0.15, 0.2) is 0 Å². The van der Waals surface area contributed by atoms with Crippen molar-refractivity contribution in [3.05, 3.63) is 35.7 Å². The van der Waals surface area contributed by atoms with Gasteiger partial charge in [0.05, 0.1) is 0 Å². The highest BCUT2D eigenvalue weighted by Crippen LogP contribution is 2.21. The van der Waals surface area contributed by atoms with Crippen LogP contribution in [0.25, 0.3) is 11.5 Å². The number of carbonyl (C=O) groups is 1. The van der Waals surface area contributed by atoms with Gasteiger partial charge in [0, 0.05) is 18.7 Å². The summed E-state index contributed by atoms with van der Waals surface area (Å²) in [6, 6.07) is 7.79. The first kappa shape index (κ1) is 13.8.